The molecule has 0 heterocycles. The van der Waals surface area contributed by atoms with Crippen molar-refractivity contribution < 1.29 is 22.7 Å². The molecule has 1 rings (SSSR count). The number of hydrogen-bond acceptors (Lipinski definition) is 5. The lowest BCUT2D eigenvalue weighted by molar-refractivity contribution is -0.119. The van der Waals surface area contributed by atoms with E-state index in [0.717, 1.165) is 11.8 Å². The first-order valence-corrected chi connectivity index (χ1v) is 8.17. The molecule has 0 aromatic heterocycles. The minimum atomic E-state index is -3.36. The van der Waals surface area contributed by atoms with Crippen molar-refractivity contribution in [3.8, 4) is 11.5 Å². The second kappa shape index (κ2) is 7.84. The summed E-state index contributed by atoms with van der Waals surface area (Å²) in [6, 6.07) is 5.41. The molecule has 118 valence electrons. The van der Waals surface area contributed by atoms with Gasteiger partial charge in [-0.2, -0.15) is 0 Å². The zero-order valence-corrected chi connectivity index (χ0v) is 13.1. The molecule has 0 aliphatic rings. The number of rotatable bonds is 8. The molecule has 0 spiro atoms. The third-order valence-electron chi connectivity index (χ3n) is 2.70. The van der Waals surface area contributed by atoms with Gasteiger partial charge >= 0.3 is 0 Å². The van der Waals surface area contributed by atoms with Gasteiger partial charge in [0.2, 0.25) is 15.9 Å². The lowest BCUT2D eigenvalue weighted by atomic mass is 10.1. The smallest absolute Gasteiger partial charge is 0.235 e. The Labute approximate surface area is 124 Å². The van der Waals surface area contributed by atoms with Crippen LogP contribution < -0.4 is 19.5 Å². The Balaban J connectivity index is 2.50. The summed E-state index contributed by atoms with van der Waals surface area (Å²) in [6.07, 6.45) is 1.55. The quantitative estimate of drug-likeness (QED) is 0.699. The highest BCUT2D eigenvalue weighted by Gasteiger charge is 2.08. The van der Waals surface area contributed by atoms with Crippen LogP contribution in [0.15, 0.2) is 18.2 Å². The van der Waals surface area contributed by atoms with Gasteiger partial charge in [-0.3, -0.25) is 4.79 Å². The molecule has 0 unspecified atom stereocenters. The van der Waals surface area contributed by atoms with Gasteiger partial charge in [-0.05, 0) is 30.2 Å². The van der Waals surface area contributed by atoms with E-state index in [1.165, 1.54) is 0 Å². The van der Waals surface area contributed by atoms with E-state index >= 15 is 0 Å². The average molecular weight is 316 g/mol. The Morgan fingerprint density at radius 1 is 1.24 bits per heavy atom. The number of sulfonamides is 1. The third-order valence-corrected chi connectivity index (χ3v) is 3.37. The second-order valence-corrected chi connectivity index (χ2v) is 6.20. The number of hydrogen-bond donors (Lipinski definition) is 2. The fourth-order valence-electron chi connectivity index (χ4n) is 1.67. The Kier molecular flexibility index (Phi) is 6.44. The maximum absolute atomic E-state index is 11.5. The van der Waals surface area contributed by atoms with Crippen LogP contribution in [0.25, 0.3) is 0 Å². The maximum Gasteiger partial charge on any atom is 0.235 e. The summed E-state index contributed by atoms with van der Waals surface area (Å²) < 4.78 is 34.2. The van der Waals surface area contributed by atoms with Crippen molar-refractivity contribution in [2.24, 2.45) is 0 Å². The van der Waals surface area contributed by atoms with Gasteiger partial charge < -0.3 is 14.8 Å². The average Bonchev–Trinajstić information content (AvgIpc) is 2.44. The van der Waals surface area contributed by atoms with E-state index in [0.29, 0.717) is 24.5 Å². The van der Waals surface area contributed by atoms with Crippen LogP contribution in [-0.2, 0) is 21.2 Å². The zero-order valence-electron chi connectivity index (χ0n) is 12.3. The zero-order chi connectivity index (χ0) is 15.9. The van der Waals surface area contributed by atoms with Crippen LogP contribution in [0.1, 0.15) is 5.56 Å². The topological polar surface area (TPSA) is 93.7 Å². The third kappa shape index (κ3) is 6.46. The van der Waals surface area contributed by atoms with Crippen LogP contribution in [0.4, 0.5) is 0 Å². The van der Waals surface area contributed by atoms with E-state index in [9.17, 15) is 13.2 Å². The van der Waals surface area contributed by atoms with Gasteiger partial charge in [0.05, 0.1) is 27.0 Å². The van der Waals surface area contributed by atoms with Crippen molar-refractivity contribution in [1.29, 1.82) is 0 Å². The molecular formula is C13H20N2O5S. The first-order valence-electron chi connectivity index (χ1n) is 6.28. The monoisotopic (exact) mass is 316 g/mol. The molecule has 1 aromatic carbocycles. The molecule has 0 saturated heterocycles. The minimum Gasteiger partial charge on any atom is -0.497 e. The lowest BCUT2D eigenvalue weighted by Gasteiger charge is -2.11. The molecule has 8 heteroatoms. The van der Waals surface area contributed by atoms with Crippen LogP contribution in [0, 0.1) is 0 Å². The molecule has 0 aliphatic heterocycles. The van der Waals surface area contributed by atoms with Gasteiger partial charge in [0, 0.05) is 6.54 Å². The molecule has 21 heavy (non-hydrogen) atoms. The molecule has 1 aromatic rings. The SMILES string of the molecule is COc1ccc(OC)c(CCNC(=O)CNS(C)(=O)=O)c1. The van der Waals surface area contributed by atoms with Crippen molar-refractivity contribution in [2.45, 2.75) is 6.42 Å². The maximum atomic E-state index is 11.5. The van der Waals surface area contributed by atoms with Crippen LogP contribution in [-0.4, -0.2) is 47.9 Å². The summed E-state index contributed by atoms with van der Waals surface area (Å²) in [4.78, 5) is 11.5. The van der Waals surface area contributed by atoms with Crippen molar-refractivity contribution in [1.82, 2.24) is 10.0 Å². The van der Waals surface area contributed by atoms with E-state index in [1.54, 1.807) is 26.4 Å². The fourth-order valence-corrected chi connectivity index (χ4v) is 2.07. The van der Waals surface area contributed by atoms with Crippen molar-refractivity contribution in [2.75, 3.05) is 33.6 Å². The van der Waals surface area contributed by atoms with Crippen LogP contribution in [0.5, 0.6) is 11.5 Å². The highest BCUT2D eigenvalue weighted by molar-refractivity contribution is 7.88. The van der Waals surface area contributed by atoms with E-state index < -0.39 is 10.0 Å². The lowest BCUT2D eigenvalue weighted by Crippen LogP contribution is -2.37. The molecule has 1 amide bonds. The molecule has 0 saturated carbocycles. The van der Waals surface area contributed by atoms with Crippen LogP contribution >= 0.6 is 0 Å². The van der Waals surface area contributed by atoms with Crippen LogP contribution in [0.2, 0.25) is 0 Å². The van der Waals surface area contributed by atoms with E-state index in [4.69, 9.17) is 9.47 Å². The van der Waals surface area contributed by atoms with Crippen molar-refractivity contribution in [3.05, 3.63) is 23.8 Å². The molecule has 2 N–H and O–H groups in total. The Bertz CT molecular complexity index is 586. The van der Waals surface area contributed by atoms with Crippen molar-refractivity contribution >= 4 is 15.9 Å². The van der Waals surface area contributed by atoms with E-state index in [1.807, 2.05) is 6.07 Å². The summed E-state index contributed by atoms with van der Waals surface area (Å²) in [5, 5.41) is 2.63. The second-order valence-electron chi connectivity index (χ2n) is 4.37. The Hall–Kier alpha value is -1.80. The molecule has 0 atom stereocenters. The van der Waals surface area contributed by atoms with E-state index in [-0.39, 0.29) is 12.5 Å². The number of methoxy groups -OCH3 is 2. The molecule has 7 nitrogen and oxygen atoms in total. The first-order chi connectivity index (χ1) is 9.85. The molecule has 0 radical (unpaired) electrons. The molecule has 0 aliphatic carbocycles. The Morgan fingerprint density at radius 3 is 2.52 bits per heavy atom. The van der Waals surface area contributed by atoms with Gasteiger partial charge in [-0.1, -0.05) is 0 Å². The first kappa shape index (κ1) is 17.3. The summed E-state index contributed by atoms with van der Waals surface area (Å²) in [7, 11) is -0.220. The molecule has 0 bridgehead atoms. The minimum absolute atomic E-state index is 0.270. The summed E-state index contributed by atoms with van der Waals surface area (Å²) in [5.74, 6) is 1.03. The molecular weight excluding hydrogens is 296 g/mol. The predicted octanol–water partition coefficient (Wildman–Crippen LogP) is -0.0883. The fraction of sp³-hybridized carbons (Fsp3) is 0.462. The predicted molar refractivity (Wildman–Crippen MR) is 79.1 cm³/mol. The normalized spacial score (nSPS) is 11.0. The summed E-state index contributed by atoms with van der Waals surface area (Å²) in [6.45, 7) is 0.0991. The number of benzene rings is 1. The summed E-state index contributed by atoms with van der Waals surface area (Å²) in [5.41, 5.74) is 0.897. The largest absolute Gasteiger partial charge is 0.497 e. The summed E-state index contributed by atoms with van der Waals surface area (Å²) >= 11 is 0. The van der Waals surface area contributed by atoms with Gasteiger partial charge in [0.25, 0.3) is 0 Å². The number of carbonyl (C=O) groups is 1. The van der Waals surface area contributed by atoms with Gasteiger partial charge in [-0.15, -0.1) is 0 Å². The number of amides is 1. The number of nitrogens with one attached hydrogen (secondary N) is 2. The number of ether oxygens (including phenoxy) is 2. The van der Waals surface area contributed by atoms with E-state index in [2.05, 4.69) is 10.0 Å². The standard InChI is InChI=1S/C13H20N2O5S/c1-19-11-4-5-12(20-2)10(8-11)6-7-14-13(16)9-15-21(3,17)18/h4-5,8,15H,6-7,9H2,1-3H3,(H,14,16). The Morgan fingerprint density at radius 2 is 1.95 bits per heavy atom. The van der Waals surface area contributed by atoms with Crippen LogP contribution in [0.3, 0.4) is 0 Å². The van der Waals surface area contributed by atoms with Gasteiger partial charge in [0.1, 0.15) is 11.5 Å². The van der Waals surface area contributed by atoms with Gasteiger partial charge in [-0.25, -0.2) is 13.1 Å². The highest BCUT2D eigenvalue weighted by atomic mass is 32.2. The van der Waals surface area contributed by atoms with Gasteiger partial charge in [0.15, 0.2) is 0 Å². The molecule has 0 fully saturated rings. The van der Waals surface area contributed by atoms with Crippen molar-refractivity contribution in [3.63, 3.8) is 0 Å². The number of carbonyl (C=O) groups excluding carboxylic acids is 1. The highest BCUT2D eigenvalue weighted by Crippen LogP contribution is 2.23.